The van der Waals surface area contributed by atoms with Gasteiger partial charge in [0.2, 0.25) is 0 Å². The Morgan fingerprint density at radius 2 is 2.33 bits per heavy atom. The molecular formula is C14H23NO3. The molecule has 0 radical (unpaired) electrons. The highest BCUT2D eigenvalue weighted by atomic mass is 16.5. The molecule has 1 N–H and O–H groups in total. The monoisotopic (exact) mass is 253 g/mol. The average molecular weight is 253 g/mol. The predicted molar refractivity (Wildman–Crippen MR) is 69.4 cm³/mol. The Bertz CT molecular complexity index is 364. The van der Waals surface area contributed by atoms with E-state index in [0.29, 0.717) is 12.5 Å². The van der Waals surface area contributed by atoms with Crippen LogP contribution in [0, 0.1) is 5.92 Å². The number of methoxy groups -OCH3 is 1. The van der Waals surface area contributed by atoms with Gasteiger partial charge >= 0.3 is 0 Å². The average Bonchev–Trinajstić information content (AvgIpc) is 2.96. The minimum absolute atomic E-state index is 0.137. The van der Waals surface area contributed by atoms with Crippen LogP contribution in [0.4, 0.5) is 0 Å². The van der Waals surface area contributed by atoms with E-state index >= 15 is 0 Å². The number of ether oxygens (including phenoxy) is 2. The predicted octanol–water partition coefficient (Wildman–Crippen LogP) is 2.50. The van der Waals surface area contributed by atoms with Gasteiger partial charge in [-0.2, -0.15) is 0 Å². The third-order valence-corrected chi connectivity index (χ3v) is 3.47. The lowest BCUT2D eigenvalue weighted by Crippen LogP contribution is -2.34. The highest BCUT2D eigenvalue weighted by Gasteiger charge is 2.34. The Labute approximate surface area is 109 Å². The van der Waals surface area contributed by atoms with Gasteiger partial charge < -0.3 is 19.2 Å². The van der Waals surface area contributed by atoms with Crippen LogP contribution in [0.15, 0.2) is 16.5 Å². The fraction of sp³-hybridized carbons (Fsp3) is 0.714. The van der Waals surface area contributed by atoms with Crippen molar-refractivity contribution < 1.29 is 13.9 Å². The third-order valence-electron chi connectivity index (χ3n) is 3.47. The molecule has 1 aliphatic heterocycles. The summed E-state index contributed by atoms with van der Waals surface area (Å²) >= 11 is 0. The second kappa shape index (κ2) is 6.36. The first-order valence-electron chi connectivity index (χ1n) is 6.68. The lowest BCUT2D eigenvalue weighted by atomic mass is 9.96. The van der Waals surface area contributed by atoms with Gasteiger partial charge in [-0.25, -0.2) is 0 Å². The fourth-order valence-electron chi connectivity index (χ4n) is 2.52. The van der Waals surface area contributed by atoms with Crippen LogP contribution in [-0.2, 0) is 16.1 Å². The summed E-state index contributed by atoms with van der Waals surface area (Å²) in [6.07, 6.45) is 1.32. The lowest BCUT2D eigenvalue weighted by Gasteiger charge is -2.25. The Morgan fingerprint density at radius 1 is 1.50 bits per heavy atom. The largest absolute Gasteiger partial charge is 0.462 e. The first-order chi connectivity index (χ1) is 8.76. The van der Waals surface area contributed by atoms with Crippen molar-refractivity contribution in [2.45, 2.75) is 39.0 Å². The highest BCUT2D eigenvalue weighted by Crippen LogP contribution is 2.32. The van der Waals surface area contributed by atoms with Crippen LogP contribution in [-0.4, -0.2) is 26.4 Å². The molecule has 0 bridgehead atoms. The molecule has 0 saturated carbocycles. The topological polar surface area (TPSA) is 43.6 Å². The van der Waals surface area contributed by atoms with Crippen molar-refractivity contribution in [1.29, 1.82) is 0 Å². The van der Waals surface area contributed by atoms with E-state index in [9.17, 15) is 0 Å². The molecule has 0 amide bonds. The van der Waals surface area contributed by atoms with Gasteiger partial charge in [0.25, 0.3) is 0 Å². The lowest BCUT2D eigenvalue weighted by molar-refractivity contribution is 0.0530. The van der Waals surface area contributed by atoms with Gasteiger partial charge in [0, 0.05) is 13.7 Å². The molecule has 0 aromatic carbocycles. The molecule has 3 atom stereocenters. The van der Waals surface area contributed by atoms with Crippen LogP contribution in [0.25, 0.3) is 0 Å². The van der Waals surface area contributed by atoms with E-state index in [2.05, 4.69) is 19.2 Å². The molecule has 102 valence electrons. The van der Waals surface area contributed by atoms with Gasteiger partial charge in [-0.05, 0) is 31.0 Å². The van der Waals surface area contributed by atoms with Crippen molar-refractivity contribution in [1.82, 2.24) is 5.32 Å². The number of likely N-dealkylation sites (N-methyl/N-ethyl adjacent to an activating group) is 1. The molecule has 1 aliphatic rings. The molecule has 18 heavy (non-hydrogen) atoms. The zero-order valence-corrected chi connectivity index (χ0v) is 11.4. The zero-order valence-electron chi connectivity index (χ0n) is 11.4. The number of hydrogen-bond acceptors (Lipinski definition) is 4. The molecule has 0 aliphatic carbocycles. The van der Waals surface area contributed by atoms with Crippen LogP contribution in [0.1, 0.15) is 37.8 Å². The summed E-state index contributed by atoms with van der Waals surface area (Å²) in [6.45, 7) is 6.60. The second-order valence-corrected chi connectivity index (χ2v) is 4.87. The fourth-order valence-corrected chi connectivity index (χ4v) is 2.52. The van der Waals surface area contributed by atoms with Crippen molar-refractivity contribution in [3.63, 3.8) is 0 Å². The SMILES string of the molecule is CCNC(c1ccc(COC)o1)C1OCCC1C. The Morgan fingerprint density at radius 3 is 2.94 bits per heavy atom. The van der Waals surface area contributed by atoms with Crippen LogP contribution in [0.5, 0.6) is 0 Å². The quantitative estimate of drug-likeness (QED) is 0.846. The third kappa shape index (κ3) is 2.94. The smallest absolute Gasteiger partial charge is 0.129 e. The minimum atomic E-state index is 0.137. The van der Waals surface area contributed by atoms with Gasteiger partial charge in [0.1, 0.15) is 18.1 Å². The van der Waals surface area contributed by atoms with E-state index in [4.69, 9.17) is 13.9 Å². The molecule has 4 heteroatoms. The normalized spacial score (nSPS) is 25.5. The number of hydrogen-bond donors (Lipinski definition) is 1. The summed E-state index contributed by atoms with van der Waals surface area (Å²) in [7, 11) is 1.67. The molecule has 1 aromatic rings. The van der Waals surface area contributed by atoms with Crippen LogP contribution < -0.4 is 5.32 Å². The van der Waals surface area contributed by atoms with E-state index in [1.54, 1.807) is 7.11 Å². The zero-order chi connectivity index (χ0) is 13.0. The molecule has 1 aromatic heterocycles. The van der Waals surface area contributed by atoms with E-state index in [-0.39, 0.29) is 12.1 Å². The maximum Gasteiger partial charge on any atom is 0.129 e. The number of furan rings is 1. The van der Waals surface area contributed by atoms with Crippen molar-refractivity contribution in [2.24, 2.45) is 5.92 Å². The summed E-state index contributed by atoms with van der Waals surface area (Å²) in [5, 5.41) is 3.47. The Kier molecular flexibility index (Phi) is 4.80. The van der Waals surface area contributed by atoms with Crippen molar-refractivity contribution in [3.05, 3.63) is 23.7 Å². The summed E-state index contributed by atoms with van der Waals surface area (Å²) in [5.74, 6) is 2.37. The molecule has 2 rings (SSSR count). The van der Waals surface area contributed by atoms with Gasteiger partial charge in [-0.3, -0.25) is 0 Å². The molecule has 0 spiro atoms. The number of nitrogens with one attached hydrogen (secondary N) is 1. The van der Waals surface area contributed by atoms with E-state index in [0.717, 1.165) is 31.1 Å². The van der Waals surface area contributed by atoms with Gasteiger partial charge in [0.05, 0.1) is 12.1 Å². The van der Waals surface area contributed by atoms with Crippen molar-refractivity contribution in [2.75, 3.05) is 20.3 Å². The van der Waals surface area contributed by atoms with E-state index in [1.165, 1.54) is 0 Å². The first-order valence-corrected chi connectivity index (χ1v) is 6.68. The summed E-state index contributed by atoms with van der Waals surface area (Å²) < 4.78 is 16.8. The molecular weight excluding hydrogens is 230 g/mol. The van der Waals surface area contributed by atoms with Crippen LogP contribution in [0.3, 0.4) is 0 Å². The Hall–Kier alpha value is -0.840. The van der Waals surface area contributed by atoms with Crippen molar-refractivity contribution in [3.8, 4) is 0 Å². The van der Waals surface area contributed by atoms with E-state index < -0.39 is 0 Å². The molecule has 1 saturated heterocycles. The van der Waals surface area contributed by atoms with E-state index in [1.807, 2.05) is 12.1 Å². The first kappa shape index (κ1) is 13.6. The van der Waals surface area contributed by atoms with Gasteiger partial charge in [0.15, 0.2) is 0 Å². The van der Waals surface area contributed by atoms with Crippen LogP contribution in [0.2, 0.25) is 0 Å². The minimum Gasteiger partial charge on any atom is -0.462 e. The maximum absolute atomic E-state index is 5.85. The molecule has 1 fully saturated rings. The van der Waals surface area contributed by atoms with Crippen molar-refractivity contribution >= 4 is 0 Å². The summed E-state index contributed by atoms with van der Waals surface area (Å²) in [6, 6.07) is 4.14. The summed E-state index contributed by atoms with van der Waals surface area (Å²) in [4.78, 5) is 0. The standard InChI is InChI=1S/C14H23NO3/c1-4-15-13(14-10(2)7-8-17-14)12-6-5-11(18-12)9-16-3/h5-6,10,13-15H,4,7-9H2,1-3H3. The van der Waals surface area contributed by atoms with Gasteiger partial charge in [-0.1, -0.05) is 13.8 Å². The number of rotatable bonds is 6. The highest BCUT2D eigenvalue weighted by molar-refractivity contribution is 5.13. The molecule has 2 heterocycles. The Balaban J connectivity index is 2.12. The van der Waals surface area contributed by atoms with Crippen LogP contribution >= 0.6 is 0 Å². The van der Waals surface area contributed by atoms with Gasteiger partial charge in [-0.15, -0.1) is 0 Å². The molecule has 3 unspecified atom stereocenters. The maximum atomic E-state index is 5.85. The second-order valence-electron chi connectivity index (χ2n) is 4.87. The molecule has 4 nitrogen and oxygen atoms in total. The summed E-state index contributed by atoms with van der Waals surface area (Å²) in [5.41, 5.74) is 0.